The van der Waals surface area contributed by atoms with Crippen LogP contribution in [0.4, 0.5) is 5.82 Å². The fourth-order valence-corrected chi connectivity index (χ4v) is 4.09. The molecule has 0 atom stereocenters. The fourth-order valence-electron chi connectivity index (χ4n) is 4.09. The molecule has 1 saturated heterocycles. The Morgan fingerprint density at radius 3 is 2.92 bits per heavy atom. The molecular formula is C20H29N5O. The molecule has 1 saturated carbocycles. The Balaban J connectivity index is 1.34. The summed E-state index contributed by atoms with van der Waals surface area (Å²) in [6.07, 6.45) is 10.2. The topological polar surface area (TPSA) is 66.1 Å². The van der Waals surface area contributed by atoms with E-state index >= 15 is 0 Å². The lowest BCUT2D eigenvalue weighted by atomic mass is 9.97. The van der Waals surface area contributed by atoms with Crippen molar-refractivity contribution in [3.63, 3.8) is 0 Å². The van der Waals surface area contributed by atoms with Crippen LogP contribution in [-0.4, -0.2) is 59.5 Å². The maximum Gasteiger partial charge on any atom is 0.126 e. The number of morpholine rings is 1. The Hall–Kier alpha value is -1.92. The number of pyridine rings is 1. The summed E-state index contributed by atoms with van der Waals surface area (Å²) in [5, 5.41) is 11.0. The highest BCUT2D eigenvalue weighted by atomic mass is 16.5. The lowest BCUT2D eigenvalue weighted by molar-refractivity contribution is 0.0378. The number of aromatic amines is 1. The zero-order valence-electron chi connectivity index (χ0n) is 15.4. The lowest BCUT2D eigenvalue weighted by Crippen LogP contribution is -2.37. The van der Waals surface area contributed by atoms with Crippen molar-refractivity contribution < 1.29 is 4.74 Å². The van der Waals surface area contributed by atoms with Crippen molar-refractivity contribution in [3.05, 3.63) is 30.2 Å². The molecule has 0 spiro atoms. The summed E-state index contributed by atoms with van der Waals surface area (Å²) < 4.78 is 5.40. The van der Waals surface area contributed by atoms with Gasteiger partial charge in [-0.2, -0.15) is 5.10 Å². The van der Waals surface area contributed by atoms with E-state index in [1.807, 2.05) is 12.4 Å². The molecule has 1 aliphatic heterocycles. The van der Waals surface area contributed by atoms with Crippen LogP contribution in [0.3, 0.4) is 0 Å². The Labute approximate surface area is 155 Å². The molecule has 2 aliphatic rings. The van der Waals surface area contributed by atoms with Gasteiger partial charge in [-0.3, -0.25) is 10.00 Å². The van der Waals surface area contributed by atoms with E-state index in [2.05, 4.69) is 37.5 Å². The number of H-pyrrole nitrogens is 1. The summed E-state index contributed by atoms with van der Waals surface area (Å²) in [5.74, 6) is 1.58. The van der Waals surface area contributed by atoms with Crippen LogP contribution in [0.5, 0.6) is 0 Å². The van der Waals surface area contributed by atoms with Crippen molar-refractivity contribution in [1.29, 1.82) is 0 Å². The highest BCUT2D eigenvalue weighted by molar-refractivity contribution is 5.68. The first-order valence-electron chi connectivity index (χ1n) is 9.94. The van der Waals surface area contributed by atoms with E-state index in [0.717, 1.165) is 51.6 Å². The van der Waals surface area contributed by atoms with E-state index in [1.54, 1.807) is 0 Å². The number of hydrogen-bond donors (Lipinski definition) is 2. The predicted octanol–water partition coefficient (Wildman–Crippen LogP) is 3.26. The normalized spacial score (nSPS) is 19.1. The summed E-state index contributed by atoms with van der Waals surface area (Å²) >= 11 is 0. The number of anilines is 1. The van der Waals surface area contributed by atoms with Crippen molar-refractivity contribution >= 4 is 5.82 Å². The Morgan fingerprint density at radius 2 is 2.08 bits per heavy atom. The fraction of sp³-hybridized carbons (Fsp3) is 0.600. The van der Waals surface area contributed by atoms with E-state index in [0.29, 0.717) is 5.92 Å². The zero-order chi connectivity index (χ0) is 17.6. The van der Waals surface area contributed by atoms with E-state index in [9.17, 15) is 0 Å². The third-order valence-corrected chi connectivity index (χ3v) is 5.56. The van der Waals surface area contributed by atoms with Gasteiger partial charge in [-0.1, -0.05) is 12.8 Å². The third-order valence-electron chi connectivity index (χ3n) is 5.56. The summed E-state index contributed by atoms with van der Waals surface area (Å²) in [6.45, 7) is 5.89. The average Bonchev–Trinajstić information content (AvgIpc) is 3.37. The number of nitrogens with one attached hydrogen (secondary N) is 2. The molecule has 2 fully saturated rings. The van der Waals surface area contributed by atoms with Crippen molar-refractivity contribution in [2.24, 2.45) is 0 Å². The van der Waals surface area contributed by atoms with Gasteiger partial charge >= 0.3 is 0 Å². The second kappa shape index (κ2) is 8.64. The molecule has 1 aliphatic carbocycles. The first-order valence-corrected chi connectivity index (χ1v) is 9.94. The first-order chi connectivity index (χ1) is 12.9. The summed E-state index contributed by atoms with van der Waals surface area (Å²) in [5.41, 5.74) is 3.73. The van der Waals surface area contributed by atoms with Crippen LogP contribution in [0.2, 0.25) is 0 Å². The van der Waals surface area contributed by atoms with Gasteiger partial charge in [0.05, 0.1) is 19.4 Å². The molecule has 0 unspecified atom stereocenters. The Kier molecular flexibility index (Phi) is 5.82. The molecule has 0 radical (unpaired) electrons. The van der Waals surface area contributed by atoms with Gasteiger partial charge in [-0.25, -0.2) is 4.98 Å². The largest absolute Gasteiger partial charge is 0.379 e. The number of ether oxygens (including phenoxy) is 1. The van der Waals surface area contributed by atoms with Crippen LogP contribution in [-0.2, 0) is 4.74 Å². The molecule has 26 heavy (non-hydrogen) atoms. The molecule has 140 valence electrons. The molecule has 4 rings (SSSR count). The average molecular weight is 355 g/mol. The SMILES string of the molecule is c1cc(-c2cn[nH]c2C2CCCC2)cc(NCCCN2CCOCC2)n1. The van der Waals surface area contributed by atoms with E-state index in [1.165, 1.54) is 42.5 Å². The first kappa shape index (κ1) is 17.5. The Morgan fingerprint density at radius 1 is 1.23 bits per heavy atom. The highest BCUT2D eigenvalue weighted by Gasteiger charge is 2.22. The monoisotopic (exact) mass is 355 g/mol. The second-order valence-electron chi connectivity index (χ2n) is 7.34. The molecule has 6 heteroatoms. The van der Waals surface area contributed by atoms with Gasteiger partial charge in [0.1, 0.15) is 5.82 Å². The molecule has 0 aromatic carbocycles. The van der Waals surface area contributed by atoms with Crippen LogP contribution in [0, 0.1) is 0 Å². The van der Waals surface area contributed by atoms with Crippen LogP contribution in [0.1, 0.15) is 43.7 Å². The number of rotatable bonds is 7. The molecule has 2 aromatic heterocycles. The molecule has 2 aromatic rings. The quantitative estimate of drug-likeness (QED) is 0.746. The standard InChI is InChI=1S/C20H29N5O/c1-2-5-16(4-1)20-18(15-23-24-20)17-6-8-22-19(14-17)21-7-3-9-25-10-12-26-13-11-25/h6,8,14-16H,1-5,7,9-13H2,(H,21,22)(H,23,24). The van der Waals surface area contributed by atoms with Gasteiger partial charge in [0.15, 0.2) is 0 Å². The number of nitrogens with zero attached hydrogens (tertiary/aromatic N) is 3. The lowest BCUT2D eigenvalue weighted by Gasteiger charge is -2.26. The molecule has 0 bridgehead atoms. The second-order valence-corrected chi connectivity index (χ2v) is 7.34. The van der Waals surface area contributed by atoms with Gasteiger partial charge in [-0.15, -0.1) is 0 Å². The molecule has 0 amide bonds. The maximum atomic E-state index is 5.40. The van der Waals surface area contributed by atoms with Crippen LogP contribution >= 0.6 is 0 Å². The van der Waals surface area contributed by atoms with Gasteiger partial charge in [-0.05, 0) is 43.5 Å². The zero-order valence-corrected chi connectivity index (χ0v) is 15.4. The maximum absolute atomic E-state index is 5.40. The van der Waals surface area contributed by atoms with Crippen molar-refractivity contribution in [2.45, 2.75) is 38.0 Å². The predicted molar refractivity (Wildman–Crippen MR) is 103 cm³/mol. The number of aromatic nitrogens is 3. The van der Waals surface area contributed by atoms with Gasteiger partial charge in [0, 0.05) is 43.0 Å². The Bertz CT molecular complexity index is 689. The summed E-state index contributed by atoms with van der Waals surface area (Å²) in [7, 11) is 0. The summed E-state index contributed by atoms with van der Waals surface area (Å²) in [6, 6.07) is 4.24. The van der Waals surface area contributed by atoms with Gasteiger partial charge in [0.2, 0.25) is 0 Å². The molecule has 3 heterocycles. The van der Waals surface area contributed by atoms with E-state index in [-0.39, 0.29) is 0 Å². The molecule has 2 N–H and O–H groups in total. The van der Waals surface area contributed by atoms with Gasteiger partial charge in [0.25, 0.3) is 0 Å². The van der Waals surface area contributed by atoms with Crippen LogP contribution in [0.15, 0.2) is 24.5 Å². The van der Waals surface area contributed by atoms with Crippen molar-refractivity contribution in [2.75, 3.05) is 44.7 Å². The van der Waals surface area contributed by atoms with Crippen molar-refractivity contribution in [1.82, 2.24) is 20.1 Å². The molecular weight excluding hydrogens is 326 g/mol. The van der Waals surface area contributed by atoms with E-state index in [4.69, 9.17) is 4.74 Å². The van der Waals surface area contributed by atoms with Gasteiger partial charge < -0.3 is 10.1 Å². The minimum Gasteiger partial charge on any atom is -0.379 e. The summed E-state index contributed by atoms with van der Waals surface area (Å²) in [4.78, 5) is 6.95. The van der Waals surface area contributed by atoms with Crippen LogP contribution < -0.4 is 5.32 Å². The highest BCUT2D eigenvalue weighted by Crippen LogP contribution is 2.38. The van der Waals surface area contributed by atoms with E-state index < -0.39 is 0 Å². The number of hydrogen-bond acceptors (Lipinski definition) is 5. The minimum absolute atomic E-state index is 0.630. The smallest absolute Gasteiger partial charge is 0.126 e. The molecule has 6 nitrogen and oxygen atoms in total. The minimum atomic E-state index is 0.630. The van der Waals surface area contributed by atoms with Crippen LogP contribution in [0.25, 0.3) is 11.1 Å². The van der Waals surface area contributed by atoms with Crippen molar-refractivity contribution in [3.8, 4) is 11.1 Å². The third kappa shape index (κ3) is 4.24.